The molecule has 1 amide bonds. The van der Waals surface area contributed by atoms with Crippen LogP contribution < -0.4 is 5.32 Å². The number of aromatic nitrogens is 2. The number of nitrogens with one attached hydrogen (secondary N) is 1. The van der Waals surface area contributed by atoms with Crippen LogP contribution in [0.25, 0.3) is 21.7 Å². The highest BCUT2D eigenvalue weighted by molar-refractivity contribution is 7.13. The molecule has 0 saturated heterocycles. The molecule has 0 bridgehead atoms. The molecule has 8 heteroatoms. The lowest BCUT2D eigenvalue weighted by Crippen LogP contribution is -2.08. The maximum absolute atomic E-state index is 12.9. The molecule has 0 unspecified atom stereocenters. The van der Waals surface area contributed by atoms with Crippen molar-refractivity contribution in [1.82, 2.24) is 10.1 Å². The number of esters is 1. The predicted octanol–water partition coefficient (Wildman–Crippen LogP) is 4.58. The summed E-state index contributed by atoms with van der Waals surface area (Å²) in [5.74, 6) is -0.659. The third-order valence-electron chi connectivity index (χ3n) is 4.23. The fraction of sp³-hybridized carbons (Fsp3) is 0.143. The van der Waals surface area contributed by atoms with Crippen molar-refractivity contribution in [3.63, 3.8) is 0 Å². The van der Waals surface area contributed by atoms with Crippen molar-refractivity contribution < 1.29 is 18.8 Å². The average molecular weight is 407 g/mol. The van der Waals surface area contributed by atoms with Crippen molar-refractivity contribution in [1.29, 1.82) is 0 Å². The van der Waals surface area contributed by atoms with Gasteiger partial charge in [-0.3, -0.25) is 4.79 Å². The van der Waals surface area contributed by atoms with Gasteiger partial charge in [-0.2, -0.15) is 0 Å². The number of nitrogens with zero attached hydrogens (tertiary/aromatic N) is 2. The van der Waals surface area contributed by atoms with E-state index in [9.17, 15) is 9.59 Å². The first-order chi connectivity index (χ1) is 14.0. The van der Waals surface area contributed by atoms with Crippen LogP contribution in [0.3, 0.4) is 0 Å². The number of anilines is 1. The molecule has 0 saturated carbocycles. The third kappa shape index (κ3) is 4.02. The normalized spacial score (nSPS) is 10.8. The molecular weight excluding hydrogens is 390 g/mol. The molecule has 1 aromatic carbocycles. The van der Waals surface area contributed by atoms with Gasteiger partial charge in [-0.25, -0.2) is 9.78 Å². The van der Waals surface area contributed by atoms with Gasteiger partial charge in [-0.1, -0.05) is 23.4 Å². The van der Waals surface area contributed by atoms with Gasteiger partial charge in [-0.15, -0.1) is 11.3 Å². The van der Waals surface area contributed by atoms with Gasteiger partial charge in [0, 0.05) is 12.6 Å². The molecule has 3 heterocycles. The second-order valence-corrected chi connectivity index (χ2v) is 7.39. The summed E-state index contributed by atoms with van der Waals surface area (Å²) in [5, 5.41) is 9.13. The molecule has 1 N–H and O–H groups in total. The van der Waals surface area contributed by atoms with Crippen LogP contribution in [0, 0.1) is 6.92 Å². The molecule has 0 aliphatic heterocycles. The maximum Gasteiger partial charge on any atom is 0.339 e. The predicted molar refractivity (Wildman–Crippen MR) is 110 cm³/mol. The van der Waals surface area contributed by atoms with E-state index in [2.05, 4.69) is 15.5 Å². The Balaban J connectivity index is 1.61. The van der Waals surface area contributed by atoms with E-state index in [1.54, 1.807) is 31.2 Å². The van der Waals surface area contributed by atoms with Crippen LogP contribution in [-0.2, 0) is 16.1 Å². The summed E-state index contributed by atoms with van der Waals surface area (Å²) in [7, 11) is 0. The SMILES string of the molecule is CC(=O)Nc1cccc(COC(=O)c2cc(-c3cccs3)nc3onc(C)c23)c1. The molecule has 0 spiro atoms. The molecule has 7 nitrogen and oxygen atoms in total. The number of benzene rings is 1. The van der Waals surface area contributed by atoms with E-state index in [4.69, 9.17) is 9.26 Å². The van der Waals surface area contributed by atoms with Crippen molar-refractivity contribution in [2.24, 2.45) is 0 Å². The fourth-order valence-electron chi connectivity index (χ4n) is 2.97. The molecule has 0 aliphatic carbocycles. The van der Waals surface area contributed by atoms with Crippen LogP contribution in [0.4, 0.5) is 5.69 Å². The Labute approximate surface area is 170 Å². The van der Waals surface area contributed by atoms with Crippen LogP contribution in [0.15, 0.2) is 52.4 Å². The van der Waals surface area contributed by atoms with Crippen molar-refractivity contribution >= 4 is 40.0 Å². The van der Waals surface area contributed by atoms with E-state index >= 15 is 0 Å². The van der Waals surface area contributed by atoms with Gasteiger partial charge in [0.25, 0.3) is 5.71 Å². The first-order valence-electron chi connectivity index (χ1n) is 8.86. The van der Waals surface area contributed by atoms with Gasteiger partial charge < -0.3 is 14.6 Å². The van der Waals surface area contributed by atoms with E-state index < -0.39 is 5.97 Å². The zero-order valence-corrected chi connectivity index (χ0v) is 16.6. The Hall–Kier alpha value is -3.52. The average Bonchev–Trinajstić information content (AvgIpc) is 3.36. The van der Waals surface area contributed by atoms with E-state index in [1.807, 2.05) is 23.6 Å². The summed E-state index contributed by atoms with van der Waals surface area (Å²) in [6.07, 6.45) is 0. The summed E-state index contributed by atoms with van der Waals surface area (Å²) in [4.78, 5) is 29.5. The van der Waals surface area contributed by atoms with Gasteiger partial charge in [0.1, 0.15) is 6.61 Å². The number of amides is 1. The quantitative estimate of drug-likeness (QED) is 0.487. The van der Waals surface area contributed by atoms with Crippen molar-refractivity contribution in [2.45, 2.75) is 20.5 Å². The fourth-order valence-corrected chi connectivity index (χ4v) is 3.66. The maximum atomic E-state index is 12.9. The zero-order chi connectivity index (χ0) is 20.4. The standard InChI is InChI=1S/C21H17N3O4S/c1-12-19-16(10-17(18-7-4-8-29-18)23-20(19)28-24-12)21(26)27-11-14-5-3-6-15(9-14)22-13(2)25/h3-10H,11H2,1-2H3,(H,22,25). The van der Waals surface area contributed by atoms with E-state index in [-0.39, 0.29) is 12.5 Å². The summed E-state index contributed by atoms with van der Waals surface area (Å²) >= 11 is 1.52. The van der Waals surface area contributed by atoms with Gasteiger partial charge in [0.2, 0.25) is 5.91 Å². The topological polar surface area (TPSA) is 94.3 Å². The number of carbonyl (C=O) groups is 2. The Morgan fingerprint density at radius 1 is 1.21 bits per heavy atom. The number of aryl methyl sites for hydroxylation is 1. The number of fused-ring (bicyclic) bond motifs is 1. The molecule has 0 aliphatic rings. The van der Waals surface area contributed by atoms with E-state index in [0.717, 1.165) is 10.4 Å². The Morgan fingerprint density at radius 3 is 2.83 bits per heavy atom. The smallest absolute Gasteiger partial charge is 0.339 e. The number of pyridine rings is 1. The lowest BCUT2D eigenvalue weighted by Gasteiger charge is -2.09. The number of carbonyl (C=O) groups excluding carboxylic acids is 2. The molecule has 4 rings (SSSR count). The first-order valence-corrected chi connectivity index (χ1v) is 9.74. The van der Waals surface area contributed by atoms with Crippen LogP contribution >= 0.6 is 11.3 Å². The van der Waals surface area contributed by atoms with Gasteiger partial charge in [-0.05, 0) is 42.1 Å². The number of hydrogen-bond donors (Lipinski definition) is 1. The minimum atomic E-state index is -0.494. The van der Waals surface area contributed by atoms with E-state index in [1.165, 1.54) is 18.3 Å². The van der Waals surface area contributed by atoms with Crippen LogP contribution in [0.1, 0.15) is 28.5 Å². The van der Waals surface area contributed by atoms with Gasteiger partial charge >= 0.3 is 5.97 Å². The van der Waals surface area contributed by atoms with Crippen molar-refractivity contribution in [3.8, 4) is 10.6 Å². The Morgan fingerprint density at radius 2 is 2.07 bits per heavy atom. The second kappa shape index (κ2) is 7.84. The molecule has 4 aromatic rings. The molecule has 3 aromatic heterocycles. The van der Waals surface area contributed by atoms with Crippen LogP contribution in [0.2, 0.25) is 0 Å². The van der Waals surface area contributed by atoms with Crippen molar-refractivity contribution in [2.75, 3.05) is 5.32 Å². The summed E-state index contributed by atoms with van der Waals surface area (Å²) in [6.45, 7) is 3.26. The molecule has 0 atom stereocenters. The minimum absolute atomic E-state index is 0.0642. The Kier molecular flexibility index (Phi) is 5.09. The lowest BCUT2D eigenvalue weighted by molar-refractivity contribution is -0.114. The highest BCUT2D eigenvalue weighted by Gasteiger charge is 2.21. The highest BCUT2D eigenvalue weighted by atomic mass is 32.1. The monoisotopic (exact) mass is 407 g/mol. The summed E-state index contributed by atoms with van der Waals surface area (Å²) in [6, 6.07) is 12.7. The number of hydrogen-bond acceptors (Lipinski definition) is 7. The van der Waals surface area contributed by atoms with Gasteiger partial charge in [0.15, 0.2) is 0 Å². The number of ether oxygens (including phenoxy) is 1. The second-order valence-electron chi connectivity index (χ2n) is 6.44. The van der Waals surface area contributed by atoms with E-state index in [0.29, 0.717) is 33.7 Å². The number of rotatable bonds is 5. The van der Waals surface area contributed by atoms with Crippen molar-refractivity contribution in [3.05, 3.63) is 64.7 Å². The summed E-state index contributed by atoms with van der Waals surface area (Å²) < 4.78 is 10.8. The van der Waals surface area contributed by atoms with Crippen LogP contribution in [-0.4, -0.2) is 22.0 Å². The molecular formula is C21H17N3O4S. The zero-order valence-electron chi connectivity index (χ0n) is 15.8. The van der Waals surface area contributed by atoms with Crippen LogP contribution in [0.5, 0.6) is 0 Å². The first kappa shape index (κ1) is 18.8. The minimum Gasteiger partial charge on any atom is -0.457 e. The molecule has 29 heavy (non-hydrogen) atoms. The lowest BCUT2D eigenvalue weighted by atomic mass is 10.1. The third-order valence-corrected chi connectivity index (χ3v) is 5.12. The largest absolute Gasteiger partial charge is 0.457 e. The molecule has 146 valence electrons. The summed E-state index contributed by atoms with van der Waals surface area (Å²) in [5.41, 5.74) is 3.26. The molecule has 0 radical (unpaired) electrons. The van der Waals surface area contributed by atoms with Gasteiger partial charge in [0.05, 0.1) is 27.2 Å². The Bertz CT molecular complexity index is 1200. The number of thiophene rings is 1. The molecule has 0 fully saturated rings. The highest BCUT2D eigenvalue weighted by Crippen LogP contribution is 2.30.